The second kappa shape index (κ2) is 4.75. The number of benzene rings is 2. The average molecular weight is 263 g/mol. The lowest BCUT2D eigenvalue weighted by molar-refractivity contribution is 0.227. The minimum Gasteiger partial charge on any atom is -0.306 e. The molecule has 2 aromatic rings. The van der Waals surface area contributed by atoms with Gasteiger partial charge in [-0.05, 0) is 54.6 Å². The molecule has 0 N–H and O–H groups in total. The molecule has 1 heterocycles. The first-order valence-corrected chi connectivity index (χ1v) is 7.67. The van der Waals surface area contributed by atoms with E-state index in [1.807, 2.05) is 0 Å². The van der Waals surface area contributed by atoms with Gasteiger partial charge in [0.15, 0.2) is 0 Å². The molecule has 0 unspecified atom stereocenters. The van der Waals surface area contributed by atoms with Gasteiger partial charge in [0.25, 0.3) is 0 Å². The number of hydrogen-bond donors (Lipinski definition) is 0. The first-order valence-electron chi connectivity index (χ1n) is 7.67. The lowest BCUT2D eigenvalue weighted by Crippen LogP contribution is -2.35. The summed E-state index contributed by atoms with van der Waals surface area (Å²) in [6.45, 7) is 2.41. The monoisotopic (exact) mass is 263 g/mol. The molecule has 0 amide bonds. The highest BCUT2D eigenvalue weighted by Gasteiger charge is 2.34. The van der Waals surface area contributed by atoms with Crippen molar-refractivity contribution in [3.05, 3.63) is 70.8 Å². The summed E-state index contributed by atoms with van der Waals surface area (Å²) >= 11 is 0. The first kappa shape index (κ1) is 12.2. The molecule has 20 heavy (non-hydrogen) atoms. The molecular weight excluding hydrogens is 242 g/mol. The summed E-state index contributed by atoms with van der Waals surface area (Å²) in [6, 6.07) is 18.2. The van der Waals surface area contributed by atoms with Gasteiger partial charge in [0, 0.05) is 12.5 Å². The van der Waals surface area contributed by atoms with Gasteiger partial charge in [-0.2, -0.15) is 0 Å². The fourth-order valence-electron chi connectivity index (χ4n) is 4.12. The van der Waals surface area contributed by atoms with Crippen molar-refractivity contribution in [2.75, 3.05) is 20.1 Å². The number of nitrogens with zero attached hydrogens (tertiary/aromatic N) is 1. The van der Waals surface area contributed by atoms with Gasteiger partial charge in [-0.25, -0.2) is 0 Å². The Morgan fingerprint density at radius 2 is 1.45 bits per heavy atom. The predicted molar refractivity (Wildman–Crippen MR) is 83.3 cm³/mol. The summed E-state index contributed by atoms with van der Waals surface area (Å²) in [4.78, 5) is 2.49. The van der Waals surface area contributed by atoms with E-state index in [2.05, 4.69) is 60.5 Å². The van der Waals surface area contributed by atoms with Crippen LogP contribution in [-0.2, 0) is 6.42 Å². The topological polar surface area (TPSA) is 3.24 Å². The molecule has 0 radical (unpaired) electrons. The Kier molecular flexibility index (Phi) is 2.89. The van der Waals surface area contributed by atoms with Gasteiger partial charge in [-0.1, -0.05) is 48.5 Å². The lowest BCUT2D eigenvalue weighted by atomic mass is 9.77. The van der Waals surface area contributed by atoms with E-state index in [0.29, 0.717) is 11.8 Å². The van der Waals surface area contributed by atoms with Crippen molar-refractivity contribution in [1.82, 2.24) is 4.90 Å². The zero-order chi connectivity index (χ0) is 13.5. The van der Waals surface area contributed by atoms with Crippen LogP contribution >= 0.6 is 0 Å². The fraction of sp³-hybridized carbons (Fsp3) is 0.368. The van der Waals surface area contributed by atoms with E-state index >= 15 is 0 Å². The smallest absolute Gasteiger partial charge is 0.00532 e. The third-order valence-corrected chi connectivity index (χ3v) is 5.11. The molecule has 1 saturated heterocycles. The average Bonchev–Trinajstić information content (AvgIpc) is 2.61. The maximum Gasteiger partial charge on any atom is 0.00532 e. The highest BCUT2D eigenvalue weighted by molar-refractivity contribution is 5.45. The second-order valence-corrected chi connectivity index (χ2v) is 6.34. The molecule has 0 aromatic heterocycles. The summed E-state index contributed by atoms with van der Waals surface area (Å²) < 4.78 is 0. The zero-order valence-electron chi connectivity index (χ0n) is 12.0. The Balaban J connectivity index is 1.90. The van der Waals surface area contributed by atoms with Crippen LogP contribution in [0.1, 0.15) is 40.5 Å². The van der Waals surface area contributed by atoms with E-state index in [9.17, 15) is 0 Å². The maximum atomic E-state index is 2.49. The summed E-state index contributed by atoms with van der Waals surface area (Å²) in [7, 11) is 2.26. The molecule has 4 rings (SSSR count). The number of likely N-dealkylation sites (N-methyl/N-ethyl adjacent to an activating group) is 1. The van der Waals surface area contributed by atoms with Crippen molar-refractivity contribution in [3.8, 4) is 0 Å². The van der Waals surface area contributed by atoms with Crippen LogP contribution in [0, 0.1) is 0 Å². The van der Waals surface area contributed by atoms with E-state index in [4.69, 9.17) is 0 Å². The molecule has 102 valence electrons. The lowest BCUT2D eigenvalue weighted by Gasteiger charge is -2.37. The van der Waals surface area contributed by atoms with Gasteiger partial charge >= 0.3 is 0 Å². The van der Waals surface area contributed by atoms with Gasteiger partial charge < -0.3 is 4.90 Å². The normalized spacial score (nSPS) is 25.2. The van der Waals surface area contributed by atoms with Crippen LogP contribution in [0.3, 0.4) is 0 Å². The van der Waals surface area contributed by atoms with Crippen LogP contribution in [0.2, 0.25) is 0 Å². The third kappa shape index (κ3) is 1.89. The molecule has 1 aliphatic carbocycles. The number of rotatable bonds is 0. The highest BCUT2D eigenvalue weighted by atomic mass is 15.1. The van der Waals surface area contributed by atoms with Crippen LogP contribution < -0.4 is 0 Å². The number of fused-ring (bicyclic) bond motifs is 5. The first-order chi connectivity index (χ1) is 9.83. The number of piperidine rings is 1. The molecule has 1 nitrogen and oxygen atoms in total. The van der Waals surface area contributed by atoms with Crippen LogP contribution in [-0.4, -0.2) is 25.0 Å². The van der Waals surface area contributed by atoms with Crippen LogP contribution in [0.15, 0.2) is 48.5 Å². The van der Waals surface area contributed by atoms with Gasteiger partial charge in [0.2, 0.25) is 0 Å². The van der Waals surface area contributed by atoms with E-state index in [0.717, 1.165) is 6.42 Å². The number of likely N-dealkylation sites (tertiary alicyclic amines) is 1. The van der Waals surface area contributed by atoms with E-state index in [1.54, 1.807) is 11.1 Å². The number of hydrogen-bond acceptors (Lipinski definition) is 1. The molecule has 0 bridgehead atoms. The third-order valence-electron chi connectivity index (χ3n) is 5.11. The largest absolute Gasteiger partial charge is 0.306 e. The predicted octanol–water partition coefficient (Wildman–Crippen LogP) is 3.79. The maximum absolute atomic E-state index is 2.49. The van der Waals surface area contributed by atoms with Crippen LogP contribution in [0.4, 0.5) is 0 Å². The van der Waals surface area contributed by atoms with Crippen LogP contribution in [0.5, 0.6) is 0 Å². The van der Waals surface area contributed by atoms with E-state index in [-0.39, 0.29) is 0 Å². The standard InChI is InChI=1S/C19H21N/c1-20-11-10-18-16-8-4-2-6-14(16)12-15-7-3-5-9-17(15)19(18)13-20/h2-9,18-19H,10-13H2,1H3/t18-,19-/m1/s1. The Hall–Kier alpha value is -1.60. The van der Waals surface area contributed by atoms with Gasteiger partial charge in [-0.15, -0.1) is 0 Å². The van der Waals surface area contributed by atoms with Gasteiger partial charge in [-0.3, -0.25) is 0 Å². The Bertz CT molecular complexity index is 631. The van der Waals surface area contributed by atoms with Crippen molar-refractivity contribution in [2.45, 2.75) is 24.7 Å². The summed E-state index contributed by atoms with van der Waals surface area (Å²) in [6.07, 6.45) is 2.38. The summed E-state index contributed by atoms with van der Waals surface area (Å²) in [5.41, 5.74) is 6.25. The molecule has 2 atom stereocenters. The van der Waals surface area contributed by atoms with Crippen molar-refractivity contribution in [2.24, 2.45) is 0 Å². The van der Waals surface area contributed by atoms with E-state index < -0.39 is 0 Å². The van der Waals surface area contributed by atoms with Crippen molar-refractivity contribution in [1.29, 1.82) is 0 Å². The molecular formula is C19H21N. The quantitative estimate of drug-likeness (QED) is 0.699. The molecule has 1 heteroatoms. The van der Waals surface area contributed by atoms with Crippen molar-refractivity contribution < 1.29 is 0 Å². The molecule has 2 aromatic carbocycles. The van der Waals surface area contributed by atoms with E-state index in [1.165, 1.54) is 30.6 Å². The zero-order valence-corrected chi connectivity index (χ0v) is 12.0. The van der Waals surface area contributed by atoms with Crippen LogP contribution in [0.25, 0.3) is 0 Å². The summed E-state index contributed by atoms with van der Waals surface area (Å²) in [5.74, 6) is 1.36. The Morgan fingerprint density at radius 3 is 2.15 bits per heavy atom. The fourth-order valence-corrected chi connectivity index (χ4v) is 4.12. The Labute approximate surface area is 121 Å². The highest BCUT2D eigenvalue weighted by Crippen LogP contribution is 2.44. The minimum atomic E-state index is 0.661. The molecule has 1 aliphatic heterocycles. The molecule has 0 saturated carbocycles. The molecule has 0 spiro atoms. The van der Waals surface area contributed by atoms with Crippen molar-refractivity contribution >= 4 is 0 Å². The molecule has 1 fully saturated rings. The van der Waals surface area contributed by atoms with Gasteiger partial charge in [0.1, 0.15) is 0 Å². The summed E-state index contributed by atoms with van der Waals surface area (Å²) in [5, 5.41) is 0. The minimum absolute atomic E-state index is 0.661. The Morgan fingerprint density at radius 1 is 0.850 bits per heavy atom. The van der Waals surface area contributed by atoms with Crippen molar-refractivity contribution in [3.63, 3.8) is 0 Å². The SMILES string of the molecule is CN1CC[C@@H]2c3ccccc3Cc3ccccc3[C@H]2C1. The second-order valence-electron chi connectivity index (χ2n) is 6.34. The molecule has 2 aliphatic rings. The van der Waals surface area contributed by atoms with Gasteiger partial charge in [0.05, 0.1) is 0 Å².